The lowest BCUT2D eigenvalue weighted by atomic mass is 9.77. The van der Waals surface area contributed by atoms with E-state index in [0.717, 1.165) is 25.7 Å². The minimum absolute atomic E-state index is 0.0712. The lowest BCUT2D eigenvalue weighted by Crippen LogP contribution is -2.30. The van der Waals surface area contributed by atoms with Crippen LogP contribution >= 0.6 is 0 Å². The van der Waals surface area contributed by atoms with Crippen LogP contribution in [0.15, 0.2) is 0 Å². The third-order valence-corrected chi connectivity index (χ3v) is 4.01. The molecule has 0 rings (SSSR count). The molecule has 94 valence electrons. The lowest BCUT2D eigenvalue weighted by Gasteiger charge is -2.25. The van der Waals surface area contributed by atoms with E-state index in [9.17, 15) is 9.59 Å². The molecule has 0 saturated carbocycles. The molecule has 16 heavy (non-hydrogen) atoms. The second kappa shape index (κ2) is 6.82. The number of carbonyl (C=O) groups excluding carboxylic acids is 2. The first-order valence-electron chi connectivity index (χ1n) is 6.51. The molecule has 0 aromatic heterocycles. The van der Waals surface area contributed by atoms with Crippen LogP contribution in [0.4, 0.5) is 0 Å². The van der Waals surface area contributed by atoms with E-state index in [-0.39, 0.29) is 29.3 Å². The number of ketones is 2. The van der Waals surface area contributed by atoms with Crippen LogP contribution in [0.1, 0.15) is 66.7 Å². The summed E-state index contributed by atoms with van der Waals surface area (Å²) >= 11 is 0. The molecule has 0 radical (unpaired) electrons. The van der Waals surface area contributed by atoms with Crippen LogP contribution in [0.3, 0.4) is 0 Å². The molecule has 2 heteroatoms. The zero-order chi connectivity index (χ0) is 12.8. The summed E-state index contributed by atoms with van der Waals surface area (Å²) in [4.78, 5) is 23.9. The van der Waals surface area contributed by atoms with Gasteiger partial charge in [-0.25, -0.2) is 0 Å². The van der Waals surface area contributed by atoms with E-state index in [2.05, 4.69) is 0 Å². The number of rotatable bonds is 8. The second-order valence-electron chi connectivity index (χ2n) is 4.85. The van der Waals surface area contributed by atoms with Crippen LogP contribution in [-0.4, -0.2) is 11.6 Å². The summed E-state index contributed by atoms with van der Waals surface area (Å²) in [5.74, 6) is 0.319. The Labute approximate surface area is 99.8 Å². The summed E-state index contributed by atoms with van der Waals surface area (Å²) < 4.78 is 0. The van der Waals surface area contributed by atoms with Gasteiger partial charge in [0.05, 0.1) is 6.42 Å². The monoisotopic (exact) mass is 226 g/mol. The highest BCUT2D eigenvalue weighted by Gasteiger charge is 2.31. The highest BCUT2D eigenvalue weighted by atomic mass is 16.1. The molecule has 0 aliphatic carbocycles. The predicted molar refractivity (Wildman–Crippen MR) is 67.4 cm³/mol. The van der Waals surface area contributed by atoms with Gasteiger partial charge in [0, 0.05) is 11.3 Å². The average Bonchev–Trinajstić information content (AvgIpc) is 2.29. The molecule has 0 heterocycles. The van der Waals surface area contributed by atoms with Crippen LogP contribution in [0, 0.1) is 11.3 Å². The highest BCUT2D eigenvalue weighted by Crippen LogP contribution is 2.28. The average molecular weight is 226 g/mol. The summed E-state index contributed by atoms with van der Waals surface area (Å²) in [6, 6.07) is 0. The van der Waals surface area contributed by atoms with Gasteiger partial charge < -0.3 is 0 Å². The fourth-order valence-corrected chi connectivity index (χ4v) is 1.90. The van der Waals surface area contributed by atoms with Crippen LogP contribution in [-0.2, 0) is 9.59 Å². The van der Waals surface area contributed by atoms with E-state index in [1.807, 2.05) is 34.6 Å². The van der Waals surface area contributed by atoms with E-state index in [4.69, 9.17) is 0 Å². The van der Waals surface area contributed by atoms with E-state index < -0.39 is 0 Å². The SMILES string of the molecule is CCC(CC)C(=O)CC(=O)C(C)(CC)CC. The minimum atomic E-state index is -0.304. The Bertz CT molecular complexity index is 235. The molecule has 0 spiro atoms. The summed E-state index contributed by atoms with van der Waals surface area (Å²) in [5, 5.41) is 0. The van der Waals surface area contributed by atoms with Gasteiger partial charge in [-0.05, 0) is 25.7 Å². The quantitative estimate of drug-likeness (QED) is 0.590. The Morgan fingerprint density at radius 1 is 1.00 bits per heavy atom. The Kier molecular flexibility index (Phi) is 6.54. The highest BCUT2D eigenvalue weighted by molar-refractivity contribution is 6.02. The van der Waals surface area contributed by atoms with Gasteiger partial charge in [-0.1, -0.05) is 34.6 Å². The molecule has 2 nitrogen and oxygen atoms in total. The van der Waals surface area contributed by atoms with Crippen LogP contribution in [0.5, 0.6) is 0 Å². The van der Waals surface area contributed by atoms with Gasteiger partial charge in [-0.3, -0.25) is 9.59 Å². The summed E-state index contributed by atoms with van der Waals surface area (Å²) in [7, 11) is 0. The van der Waals surface area contributed by atoms with Gasteiger partial charge in [-0.15, -0.1) is 0 Å². The third-order valence-electron chi connectivity index (χ3n) is 4.01. The molecule has 0 aromatic carbocycles. The molecule has 0 atom stereocenters. The second-order valence-corrected chi connectivity index (χ2v) is 4.85. The molecule has 0 aliphatic rings. The van der Waals surface area contributed by atoms with E-state index in [1.165, 1.54) is 0 Å². The molecular formula is C14H26O2. The molecule has 0 bridgehead atoms. The topological polar surface area (TPSA) is 34.1 Å². The Morgan fingerprint density at radius 3 is 1.75 bits per heavy atom. The third kappa shape index (κ3) is 3.73. The zero-order valence-electron chi connectivity index (χ0n) is 11.4. The first kappa shape index (κ1) is 15.3. The smallest absolute Gasteiger partial charge is 0.146 e. The van der Waals surface area contributed by atoms with Crippen LogP contribution in [0.25, 0.3) is 0 Å². The van der Waals surface area contributed by atoms with Gasteiger partial charge in [0.1, 0.15) is 11.6 Å². The largest absolute Gasteiger partial charge is 0.299 e. The molecular weight excluding hydrogens is 200 g/mol. The van der Waals surface area contributed by atoms with E-state index in [0.29, 0.717) is 0 Å². The zero-order valence-corrected chi connectivity index (χ0v) is 11.4. The molecule has 0 aromatic rings. The number of carbonyl (C=O) groups is 2. The molecule has 0 unspecified atom stereocenters. The van der Waals surface area contributed by atoms with Crippen molar-refractivity contribution in [3.8, 4) is 0 Å². The van der Waals surface area contributed by atoms with Crippen LogP contribution < -0.4 is 0 Å². The van der Waals surface area contributed by atoms with Gasteiger partial charge in [-0.2, -0.15) is 0 Å². The summed E-state index contributed by atoms with van der Waals surface area (Å²) in [5.41, 5.74) is -0.304. The van der Waals surface area contributed by atoms with Crippen molar-refractivity contribution in [2.45, 2.75) is 66.7 Å². The Balaban J connectivity index is 4.50. The molecule has 0 aliphatic heterocycles. The predicted octanol–water partition coefficient (Wildman–Crippen LogP) is 3.78. The molecule has 0 saturated heterocycles. The summed E-state index contributed by atoms with van der Waals surface area (Å²) in [6.07, 6.45) is 3.46. The number of hydrogen-bond acceptors (Lipinski definition) is 2. The van der Waals surface area contributed by atoms with Gasteiger partial charge in [0.15, 0.2) is 0 Å². The normalized spacial score (nSPS) is 11.9. The summed E-state index contributed by atoms with van der Waals surface area (Å²) in [6.45, 7) is 10.0. The first-order chi connectivity index (χ1) is 7.45. The van der Waals surface area contributed by atoms with Gasteiger partial charge in [0.25, 0.3) is 0 Å². The Morgan fingerprint density at radius 2 is 1.44 bits per heavy atom. The van der Waals surface area contributed by atoms with Crippen molar-refractivity contribution in [1.29, 1.82) is 0 Å². The maximum absolute atomic E-state index is 12.1. The van der Waals surface area contributed by atoms with Crippen molar-refractivity contribution in [3.05, 3.63) is 0 Å². The van der Waals surface area contributed by atoms with Crippen molar-refractivity contribution in [2.75, 3.05) is 0 Å². The standard InChI is InChI=1S/C14H26O2/c1-6-11(7-2)12(15)10-13(16)14(5,8-3)9-4/h11H,6-10H2,1-5H3. The van der Waals surface area contributed by atoms with Crippen molar-refractivity contribution in [3.63, 3.8) is 0 Å². The molecule has 0 N–H and O–H groups in total. The molecule has 0 fully saturated rings. The van der Waals surface area contributed by atoms with Crippen molar-refractivity contribution in [2.24, 2.45) is 11.3 Å². The first-order valence-corrected chi connectivity index (χ1v) is 6.51. The maximum atomic E-state index is 12.1. The van der Waals surface area contributed by atoms with Gasteiger partial charge in [0.2, 0.25) is 0 Å². The van der Waals surface area contributed by atoms with Gasteiger partial charge >= 0.3 is 0 Å². The van der Waals surface area contributed by atoms with E-state index >= 15 is 0 Å². The van der Waals surface area contributed by atoms with Crippen molar-refractivity contribution >= 4 is 11.6 Å². The van der Waals surface area contributed by atoms with Crippen molar-refractivity contribution in [1.82, 2.24) is 0 Å². The van der Waals surface area contributed by atoms with Crippen molar-refractivity contribution < 1.29 is 9.59 Å². The fraction of sp³-hybridized carbons (Fsp3) is 0.857. The number of hydrogen-bond donors (Lipinski definition) is 0. The van der Waals surface area contributed by atoms with Crippen LogP contribution in [0.2, 0.25) is 0 Å². The maximum Gasteiger partial charge on any atom is 0.146 e. The Hall–Kier alpha value is -0.660. The number of Topliss-reactive ketones (excluding diaryl/α,β-unsaturated/α-hetero) is 2. The lowest BCUT2D eigenvalue weighted by molar-refractivity contribution is -0.134. The molecule has 0 amide bonds. The van der Waals surface area contributed by atoms with E-state index in [1.54, 1.807) is 0 Å². The minimum Gasteiger partial charge on any atom is -0.299 e. The fourth-order valence-electron chi connectivity index (χ4n) is 1.90.